The number of nitrogens with one attached hydrogen (secondary N) is 2. The molecule has 1 atom stereocenters. The number of aromatic nitrogens is 1. The standard InChI is InChI=1S/C20H24N4OS/c1-16(19-21-11-13-26-19)14-23-20(22-10-9-18-8-5-12-25-18)24-15-17-6-3-2-4-7-17/h2-8,11-13,16H,9-10,14-15H2,1H3,(H2,22,23,24). The Kier molecular flexibility index (Phi) is 6.84. The molecular weight excluding hydrogens is 344 g/mol. The summed E-state index contributed by atoms with van der Waals surface area (Å²) in [4.78, 5) is 9.10. The number of hydrogen-bond acceptors (Lipinski definition) is 4. The van der Waals surface area contributed by atoms with E-state index in [1.54, 1.807) is 17.6 Å². The van der Waals surface area contributed by atoms with Gasteiger partial charge in [0, 0.05) is 37.0 Å². The van der Waals surface area contributed by atoms with Gasteiger partial charge in [-0.25, -0.2) is 9.98 Å². The highest BCUT2D eigenvalue weighted by molar-refractivity contribution is 7.09. The van der Waals surface area contributed by atoms with Crippen molar-refractivity contribution in [2.45, 2.75) is 25.8 Å². The van der Waals surface area contributed by atoms with Crippen LogP contribution in [0.3, 0.4) is 0 Å². The molecule has 1 unspecified atom stereocenters. The van der Waals surface area contributed by atoms with Crippen LogP contribution < -0.4 is 10.6 Å². The van der Waals surface area contributed by atoms with Crippen molar-refractivity contribution in [3.8, 4) is 0 Å². The molecule has 2 N–H and O–H groups in total. The molecule has 6 heteroatoms. The largest absolute Gasteiger partial charge is 0.469 e. The molecule has 0 spiro atoms. The lowest BCUT2D eigenvalue weighted by atomic mass is 10.2. The molecule has 1 aromatic carbocycles. The zero-order valence-electron chi connectivity index (χ0n) is 14.9. The van der Waals surface area contributed by atoms with E-state index in [-0.39, 0.29) is 0 Å². The van der Waals surface area contributed by atoms with Gasteiger partial charge in [0.05, 0.1) is 17.8 Å². The Bertz CT molecular complexity index is 770. The average molecular weight is 369 g/mol. The Labute approximate surface area is 158 Å². The van der Waals surface area contributed by atoms with E-state index in [9.17, 15) is 0 Å². The van der Waals surface area contributed by atoms with E-state index in [2.05, 4.69) is 34.7 Å². The summed E-state index contributed by atoms with van der Waals surface area (Å²) in [5.74, 6) is 2.11. The van der Waals surface area contributed by atoms with Gasteiger partial charge in [-0.2, -0.15) is 0 Å². The Balaban J connectivity index is 1.56. The van der Waals surface area contributed by atoms with E-state index in [0.29, 0.717) is 12.5 Å². The molecule has 0 saturated heterocycles. The summed E-state index contributed by atoms with van der Waals surface area (Å²) in [5.41, 5.74) is 1.19. The summed E-state index contributed by atoms with van der Waals surface area (Å²) < 4.78 is 5.38. The van der Waals surface area contributed by atoms with Crippen LogP contribution in [0.5, 0.6) is 0 Å². The third-order valence-corrected chi connectivity index (χ3v) is 4.96. The number of aliphatic imine (C=N–C) groups is 1. The lowest BCUT2D eigenvalue weighted by Gasteiger charge is -2.15. The van der Waals surface area contributed by atoms with Crippen molar-refractivity contribution in [1.29, 1.82) is 0 Å². The fraction of sp³-hybridized carbons (Fsp3) is 0.300. The second kappa shape index (κ2) is 9.77. The van der Waals surface area contributed by atoms with E-state index >= 15 is 0 Å². The Hall–Kier alpha value is -2.60. The summed E-state index contributed by atoms with van der Waals surface area (Å²) >= 11 is 1.69. The van der Waals surface area contributed by atoms with Crippen molar-refractivity contribution in [3.63, 3.8) is 0 Å². The van der Waals surface area contributed by atoms with Gasteiger partial charge in [-0.15, -0.1) is 11.3 Å². The van der Waals surface area contributed by atoms with Gasteiger partial charge in [-0.05, 0) is 17.7 Å². The molecule has 0 radical (unpaired) electrons. The summed E-state index contributed by atoms with van der Waals surface area (Å²) in [6.45, 7) is 4.36. The molecule has 0 aliphatic heterocycles. The molecule has 3 aromatic rings. The fourth-order valence-corrected chi connectivity index (χ4v) is 3.20. The van der Waals surface area contributed by atoms with E-state index in [4.69, 9.17) is 9.41 Å². The minimum atomic E-state index is 0.337. The third-order valence-electron chi connectivity index (χ3n) is 3.96. The van der Waals surface area contributed by atoms with E-state index < -0.39 is 0 Å². The zero-order valence-corrected chi connectivity index (χ0v) is 15.7. The predicted octanol–water partition coefficient (Wildman–Crippen LogP) is 3.82. The topological polar surface area (TPSA) is 62.5 Å². The van der Waals surface area contributed by atoms with Crippen LogP contribution in [0.4, 0.5) is 0 Å². The minimum absolute atomic E-state index is 0.337. The highest BCUT2D eigenvalue weighted by Gasteiger charge is 2.09. The average Bonchev–Trinajstić information content (AvgIpc) is 3.38. The predicted molar refractivity (Wildman–Crippen MR) is 107 cm³/mol. The third kappa shape index (κ3) is 5.74. The minimum Gasteiger partial charge on any atom is -0.469 e. The summed E-state index contributed by atoms with van der Waals surface area (Å²) in [5, 5.41) is 9.97. The van der Waals surface area contributed by atoms with Crippen LogP contribution in [0, 0.1) is 0 Å². The Morgan fingerprint density at radius 2 is 2.08 bits per heavy atom. The Morgan fingerprint density at radius 1 is 1.19 bits per heavy atom. The van der Waals surface area contributed by atoms with Crippen molar-refractivity contribution in [3.05, 3.63) is 76.6 Å². The number of guanidine groups is 1. The summed E-state index contributed by atoms with van der Waals surface area (Å²) in [7, 11) is 0. The van der Waals surface area contributed by atoms with Gasteiger partial charge < -0.3 is 15.1 Å². The first-order chi connectivity index (χ1) is 12.8. The number of furan rings is 1. The first-order valence-corrected chi connectivity index (χ1v) is 9.67. The number of nitrogens with zero attached hydrogens (tertiary/aromatic N) is 2. The first-order valence-electron chi connectivity index (χ1n) is 8.79. The molecule has 0 aliphatic rings. The zero-order chi connectivity index (χ0) is 18.0. The van der Waals surface area contributed by atoms with Gasteiger partial charge in [-0.3, -0.25) is 0 Å². The molecule has 0 bridgehead atoms. The van der Waals surface area contributed by atoms with Crippen molar-refractivity contribution >= 4 is 17.3 Å². The highest BCUT2D eigenvalue weighted by atomic mass is 32.1. The van der Waals surface area contributed by atoms with E-state index in [0.717, 1.165) is 36.2 Å². The maximum Gasteiger partial charge on any atom is 0.191 e. The molecule has 0 amide bonds. The second-order valence-corrected chi connectivity index (χ2v) is 6.99. The van der Waals surface area contributed by atoms with E-state index in [1.165, 1.54) is 5.56 Å². The number of hydrogen-bond donors (Lipinski definition) is 2. The highest BCUT2D eigenvalue weighted by Crippen LogP contribution is 2.16. The molecule has 2 heterocycles. The molecular formula is C20H24N4OS. The van der Waals surface area contributed by atoms with Gasteiger partial charge in [0.1, 0.15) is 5.76 Å². The molecule has 26 heavy (non-hydrogen) atoms. The van der Waals surface area contributed by atoms with Crippen LogP contribution >= 0.6 is 11.3 Å². The number of benzene rings is 1. The summed E-state index contributed by atoms with van der Waals surface area (Å²) in [6, 6.07) is 14.2. The molecule has 136 valence electrons. The molecule has 0 fully saturated rings. The van der Waals surface area contributed by atoms with Crippen LogP contribution in [-0.2, 0) is 13.0 Å². The van der Waals surface area contributed by atoms with Crippen LogP contribution in [0.25, 0.3) is 0 Å². The van der Waals surface area contributed by atoms with Gasteiger partial charge in [0.15, 0.2) is 5.96 Å². The van der Waals surface area contributed by atoms with Gasteiger partial charge in [-0.1, -0.05) is 37.3 Å². The van der Waals surface area contributed by atoms with Gasteiger partial charge in [0.2, 0.25) is 0 Å². The maximum absolute atomic E-state index is 5.38. The fourth-order valence-electron chi connectivity index (χ4n) is 2.50. The SMILES string of the molecule is CC(CNC(=NCc1ccccc1)NCCc1ccco1)c1nccs1. The van der Waals surface area contributed by atoms with Crippen LogP contribution in [0.2, 0.25) is 0 Å². The molecule has 5 nitrogen and oxygen atoms in total. The van der Waals surface area contributed by atoms with Gasteiger partial charge >= 0.3 is 0 Å². The lowest BCUT2D eigenvalue weighted by molar-refractivity contribution is 0.506. The van der Waals surface area contributed by atoms with Crippen molar-refractivity contribution in [1.82, 2.24) is 15.6 Å². The van der Waals surface area contributed by atoms with Crippen molar-refractivity contribution in [2.24, 2.45) is 4.99 Å². The molecule has 2 aromatic heterocycles. The Morgan fingerprint density at radius 3 is 2.81 bits per heavy atom. The maximum atomic E-state index is 5.38. The number of thiazole rings is 1. The normalized spacial score (nSPS) is 12.7. The smallest absolute Gasteiger partial charge is 0.191 e. The molecule has 0 aliphatic carbocycles. The lowest BCUT2D eigenvalue weighted by Crippen LogP contribution is -2.40. The quantitative estimate of drug-likeness (QED) is 0.469. The van der Waals surface area contributed by atoms with Crippen LogP contribution in [0.15, 0.2) is 69.7 Å². The first kappa shape index (κ1) is 18.2. The monoisotopic (exact) mass is 368 g/mol. The summed E-state index contributed by atoms with van der Waals surface area (Å²) in [6.07, 6.45) is 4.37. The van der Waals surface area contributed by atoms with Crippen molar-refractivity contribution in [2.75, 3.05) is 13.1 Å². The molecule has 3 rings (SSSR count). The number of rotatable bonds is 8. The van der Waals surface area contributed by atoms with E-state index in [1.807, 2.05) is 41.9 Å². The van der Waals surface area contributed by atoms with Crippen molar-refractivity contribution < 1.29 is 4.42 Å². The van der Waals surface area contributed by atoms with Crippen LogP contribution in [-0.4, -0.2) is 24.0 Å². The second-order valence-electron chi connectivity index (χ2n) is 6.06. The molecule has 0 saturated carbocycles. The van der Waals surface area contributed by atoms with Gasteiger partial charge in [0.25, 0.3) is 0 Å². The van der Waals surface area contributed by atoms with Crippen LogP contribution in [0.1, 0.15) is 29.2 Å².